The second-order valence-electron chi connectivity index (χ2n) is 5.93. The SMILES string of the molecule is CC(N)c1cccn1Cc1ccn(C2CCCCC2)n1. The molecule has 1 aliphatic rings. The minimum Gasteiger partial charge on any atom is -0.344 e. The van der Waals surface area contributed by atoms with Gasteiger partial charge in [-0.3, -0.25) is 4.68 Å². The van der Waals surface area contributed by atoms with E-state index in [1.165, 1.54) is 32.1 Å². The summed E-state index contributed by atoms with van der Waals surface area (Å²) >= 11 is 0. The van der Waals surface area contributed by atoms with Crippen molar-refractivity contribution >= 4 is 0 Å². The van der Waals surface area contributed by atoms with Gasteiger partial charge in [-0.1, -0.05) is 19.3 Å². The van der Waals surface area contributed by atoms with Crippen LogP contribution in [0.5, 0.6) is 0 Å². The second kappa shape index (κ2) is 5.83. The van der Waals surface area contributed by atoms with Crippen molar-refractivity contribution in [3.05, 3.63) is 42.0 Å². The van der Waals surface area contributed by atoms with Gasteiger partial charge < -0.3 is 10.3 Å². The lowest BCUT2D eigenvalue weighted by molar-refractivity contribution is 0.328. The molecule has 0 radical (unpaired) electrons. The highest BCUT2D eigenvalue weighted by Gasteiger charge is 2.16. The Labute approximate surface area is 120 Å². The zero-order chi connectivity index (χ0) is 13.9. The minimum absolute atomic E-state index is 0.0606. The summed E-state index contributed by atoms with van der Waals surface area (Å²) in [5, 5.41) is 4.76. The lowest BCUT2D eigenvalue weighted by atomic mass is 9.96. The van der Waals surface area contributed by atoms with Gasteiger partial charge in [0.25, 0.3) is 0 Å². The average Bonchev–Trinajstić information content (AvgIpc) is 3.09. The van der Waals surface area contributed by atoms with Crippen molar-refractivity contribution in [2.45, 2.75) is 57.7 Å². The molecule has 0 saturated heterocycles. The zero-order valence-electron chi connectivity index (χ0n) is 12.2. The fraction of sp³-hybridized carbons (Fsp3) is 0.562. The summed E-state index contributed by atoms with van der Waals surface area (Å²) in [6.07, 6.45) is 10.8. The molecule has 4 nitrogen and oxygen atoms in total. The van der Waals surface area contributed by atoms with E-state index in [0.717, 1.165) is 17.9 Å². The van der Waals surface area contributed by atoms with E-state index >= 15 is 0 Å². The van der Waals surface area contributed by atoms with Crippen LogP contribution in [0.25, 0.3) is 0 Å². The van der Waals surface area contributed by atoms with Gasteiger partial charge in [0.2, 0.25) is 0 Å². The van der Waals surface area contributed by atoms with Gasteiger partial charge in [-0.15, -0.1) is 0 Å². The van der Waals surface area contributed by atoms with Crippen molar-refractivity contribution in [2.24, 2.45) is 5.73 Å². The number of aromatic nitrogens is 3. The van der Waals surface area contributed by atoms with Crippen LogP contribution in [0.4, 0.5) is 0 Å². The van der Waals surface area contributed by atoms with Crippen molar-refractivity contribution in [1.82, 2.24) is 14.3 Å². The average molecular weight is 272 g/mol. The summed E-state index contributed by atoms with van der Waals surface area (Å²) in [4.78, 5) is 0. The van der Waals surface area contributed by atoms with Crippen LogP contribution in [0.3, 0.4) is 0 Å². The molecule has 0 bridgehead atoms. The smallest absolute Gasteiger partial charge is 0.0821 e. The Kier molecular flexibility index (Phi) is 3.92. The van der Waals surface area contributed by atoms with Crippen molar-refractivity contribution in [2.75, 3.05) is 0 Å². The Morgan fingerprint density at radius 2 is 2.05 bits per heavy atom. The van der Waals surface area contributed by atoms with Crippen LogP contribution in [-0.4, -0.2) is 14.3 Å². The maximum Gasteiger partial charge on any atom is 0.0821 e. The van der Waals surface area contributed by atoms with E-state index in [1.807, 2.05) is 6.92 Å². The van der Waals surface area contributed by atoms with Gasteiger partial charge in [0.15, 0.2) is 0 Å². The molecule has 2 aromatic heterocycles. The third kappa shape index (κ3) is 2.80. The lowest BCUT2D eigenvalue weighted by Crippen LogP contribution is -2.15. The monoisotopic (exact) mass is 272 g/mol. The summed E-state index contributed by atoms with van der Waals surface area (Å²) in [6.45, 7) is 2.83. The molecule has 4 heteroatoms. The number of rotatable bonds is 4. The molecule has 1 unspecified atom stereocenters. The molecule has 0 spiro atoms. The molecular formula is C16H24N4. The normalized spacial score (nSPS) is 18.3. The Hall–Kier alpha value is -1.55. The van der Waals surface area contributed by atoms with Gasteiger partial charge >= 0.3 is 0 Å². The van der Waals surface area contributed by atoms with Gasteiger partial charge in [-0.25, -0.2) is 0 Å². The maximum atomic E-state index is 5.99. The van der Waals surface area contributed by atoms with E-state index in [4.69, 9.17) is 10.8 Å². The standard InChI is InChI=1S/C16H24N4/c1-13(17)16-8-5-10-19(16)12-14-9-11-20(18-14)15-6-3-2-4-7-15/h5,8-11,13,15H,2-4,6-7,12,17H2,1H3. The first-order valence-electron chi connectivity index (χ1n) is 7.68. The van der Waals surface area contributed by atoms with Crippen LogP contribution in [0, 0.1) is 0 Å². The number of nitrogens with zero attached hydrogens (tertiary/aromatic N) is 3. The van der Waals surface area contributed by atoms with Gasteiger partial charge in [-0.05, 0) is 38.0 Å². The Morgan fingerprint density at radius 3 is 2.80 bits per heavy atom. The van der Waals surface area contributed by atoms with Crippen LogP contribution >= 0.6 is 0 Å². The molecule has 20 heavy (non-hydrogen) atoms. The molecule has 2 heterocycles. The maximum absolute atomic E-state index is 5.99. The van der Waals surface area contributed by atoms with E-state index in [0.29, 0.717) is 6.04 Å². The van der Waals surface area contributed by atoms with Crippen LogP contribution in [0.15, 0.2) is 30.6 Å². The fourth-order valence-electron chi connectivity index (χ4n) is 3.17. The van der Waals surface area contributed by atoms with Crippen LogP contribution < -0.4 is 5.73 Å². The van der Waals surface area contributed by atoms with Crippen molar-refractivity contribution in [1.29, 1.82) is 0 Å². The Balaban J connectivity index is 1.72. The summed E-state index contributed by atoms with van der Waals surface area (Å²) in [5.41, 5.74) is 8.27. The van der Waals surface area contributed by atoms with E-state index in [9.17, 15) is 0 Å². The van der Waals surface area contributed by atoms with Crippen molar-refractivity contribution < 1.29 is 0 Å². The topological polar surface area (TPSA) is 48.8 Å². The minimum atomic E-state index is 0.0606. The number of hydrogen-bond donors (Lipinski definition) is 1. The Bertz CT molecular complexity index is 546. The van der Waals surface area contributed by atoms with E-state index in [2.05, 4.69) is 39.8 Å². The molecule has 1 saturated carbocycles. The van der Waals surface area contributed by atoms with E-state index in [1.54, 1.807) is 0 Å². The molecular weight excluding hydrogens is 248 g/mol. The molecule has 3 rings (SSSR count). The van der Waals surface area contributed by atoms with Gasteiger partial charge in [0, 0.05) is 24.1 Å². The quantitative estimate of drug-likeness (QED) is 0.928. The predicted octanol–water partition coefficient (Wildman–Crippen LogP) is 3.26. The molecule has 0 aromatic carbocycles. The largest absolute Gasteiger partial charge is 0.344 e. The summed E-state index contributed by atoms with van der Waals surface area (Å²) in [7, 11) is 0. The molecule has 1 fully saturated rings. The molecule has 1 aliphatic carbocycles. The highest BCUT2D eigenvalue weighted by molar-refractivity contribution is 5.13. The first kappa shape index (κ1) is 13.4. The van der Waals surface area contributed by atoms with Crippen molar-refractivity contribution in [3.63, 3.8) is 0 Å². The highest BCUT2D eigenvalue weighted by atomic mass is 15.3. The van der Waals surface area contributed by atoms with E-state index < -0.39 is 0 Å². The predicted molar refractivity (Wildman–Crippen MR) is 80.5 cm³/mol. The van der Waals surface area contributed by atoms with Gasteiger partial charge in [0.05, 0.1) is 18.3 Å². The third-order valence-electron chi connectivity index (χ3n) is 4.28. The van der Waals surface area contributed by atoms with Crippen LogP contribution in [0.2, 0.25) is 0 Å². The fourth-order valence-corrected chi connectivity index (χ4v) is 3.17. The number of nitrogens with two attached hydrogens (primary N) is 1. The van der Waals surface area contributed by atoms with Crippen LogP contribution in [0.1, 0.15) is 62.5 Å². The molecule has 0 amide bonds. The second-order valence-corrected chi connectivity index (χ2v) is 5.93. The van der Waals surface area contributed by atoms with Gasteiger partial charge in [0.1, 0.15) is 0 Å². The summed E-state index contributed by atoms with van der Waals surface area (Å²) in [6, 6.07) is 6.94. The lowest BCUT2D eigenvalue weighted by Gasteiger charge is -2.21. The third-order valence-corrected chi connectivity index (χ3v) is 4.28. The molecule has 1 atom stereocenters. The molecule has 2 N–H and O–H groups in total. The first-order valence-corrected chi connectivity index (χ1v) is 7.68. The van der Waals surface area contributed by atoms with Crippen LogP contribution in [-0.2, 0) is 6.54 Å². The molecule has 2 aromatic rings. The molecule has 108 valence electrons. The summed E-state index contributed by atoms with van der Waals surface area (Å²) in [5.74, 6) is 0. The van der Waals surface area contributed by atoms with Crippen molar-refractivity contribution in [3.8, 4) is 0 Å². The molecule has 0 aliphatic heterocycles. The first-order chi connectivity index (χ1) is 9.74. The summed E-state index contributed by atoms with van der Waals surface area (Å²) < 4.78 is 4.36. The number of hydrogen-bond acceptors (Lipinski definition) is 2. The van der Waals surface area contributed by atoms with E-state index in [-0.39, 0.29) is 6.04 Å². The van der Waals surface area contributed by atoms with Gasteiger partial charge in [-0.2, -0.15) is 5.10 Å². The highest BCUT2D eigenvalue weighted by Crippen LogP contribution is 2.27. The zero-order valence-corrected chi connectivity index (χ0v) is 12.2. The Morgan fingerprint density at radius 1 is 1.25 bits per heavy atom.